The summed E-state index contributed by atoms with van der Waals surface area (Å²) >= 11 is 0. The number of aliphatic carboxylic acids is 1. The van der Waals surface area contributed by atoms with Crippen LogP contribution in [0.3, 0.4) is 0 Å². The molecule has 0 spiro atoms. The molecular weight excluding hydrogens is 1020 g/mol. The summed E-state index contributed by atoms with van der Waals surface area (Å²) in [6.07, 6.45) is 1.51. The summed E-state index contributed by atoms with van der Waals surface area (Å²) in [4.78, 5) is 144. The van der Waals surface area contributed by atoms with Crippen molar-refractivity contribution in [3.8, 4) is 0 Å². The molecule has 0 fully saturated rings. The number of primary amides is 1. The Hall–Kier alpha value is -6.82. The van der Waals surface area contributed by atoms with Gasteiger partial charge in [-0.15, -0.1) is 0 Å². The van der Waals surface area contributed by atoms with Gasteiger partial charge in [-0.3, -0.25) is 57.9 Å². The fourth-order valence-corrected chi connectivity index (χ4v) is 9.00. The zero-order valence-electron chi connectivity index (χ0n) is 47.2. The van der Waals surface area contributed by atoms with E-state index in [9.17, 15) is 58.2 Å². The van der Waals surface area contributed by atoms with Gasteiger partial charge in [-0.2, -0.15) is 0 Å². The lowest BCUT2D eigenvalue weighted by Crippen LogP contribution is -2.50. The average Bonchev–Trinajstić information content (AvgIpc) is 3.40. The molecule has 0 aliphatic rings. The number of hydrogen-bond acceptors (Lipinski definition) is 14. The number of carbonyl (C=O) groups is 10. The van der Waals surface area contributed by atoms with Gasteiger partial charge in [0.2, 0.25) is 29.5 Å². The Balaban J connectivity index is 3.38. The van der Waals surface area contributed by atoms with Crippen LogP contribution in [0.25, 0.3) is 0 Å². The second kappa shape index (κ2) is 37.9. The minimum Gasteiger partial charge on any atom is -0.481 e. The molecule has 1 rings (SSSR count). The van der Waals surface area contributed by atoms with Crippen LogP contribution in [0.15, 0.2) is 40.3 Å². The molecule has 1 aromatic rings. The first-order chi connectivity index (χ1) is 37.3. The van der Waals surface area contributed by atoms with Crippen LogP contribution in [0.4, 0.5) is 0 Å². The number of carbonyl (C=O) groups excluding carboxylic acids is 9. The molecule has 444 valence electrons. The summed E-state index contributed by atoms with van der Waals surface area (Å²) in [6, 6.07) is 3.47. The number of aliphatic hydroxyl groups excluding tert-OH is 1. The van der Waals surface area contributed by atoms with Crippen LogP contribution in [-0.4, -0.2) is 131 Å². The maximum absolute atomic E-state index is 14.2. The summed E-state index contributed by atoms with van der Waals surface area (Å²) in [5.74, 6) is -13.1. The molecule has 11 atom stereocenters. The van der Waals surface area contributed by atoms with Crippen LogP contribution in [0.1, 0.15) is 143 Å². The number of Topliss-reactive ketones (excluding diaryl/α,β-unsaturated/α-hetero) is 4. The van der Waals surface area contributed by atoms with E-state index in [0.29, 0.717) is 57.1 Å². The number of nitrogens with zero attached hydrogens (tertiary/aromatic N) is 2. The summed E-state index contributed by atoms with van der Waals surface area (Å²) in [5.41, 5.74) is 34.0. The van der Waals surface area contributed by atoms with Crippen LogP contribution < -0.4 is 55.7 Å². The van der Waals surface area contributed by atoms with Crippen LogP contribution >= 0.6 is 0 Å². The number of benzene rings is 1. The molecule has 0 radical (unpaired) electrons. The van der Waals surface area contributed by atoms with E-state index in [1.54, 1.807) is 51.1 Å². The summed E-state index contributed by atoms with van der Waals surface area (Å²) in [7, 11) is 0. The Morgan fingerprint density at radius 3 is 1.53 bits per heavy atom. The minimum absolute atomic E-state index is 0.0333. The van der Waals surface area contributed by atoms with Crippen molar-refractivity contribution in [3.05, 3.63) is 35.9 Å². The number of aliphatic imine (C=N–C) groups is 2. The predicted octanol–water partition coefficient (Wildman–Crippen LogP) is 0.797. The molecule has 79 heavy (non-hydrogen) atoms. The second-order valence-electron chi connectivity index (χ2n) is 20.7. The van der Waals surface area contributed by atoms with E-state index in [0.717, 1.165) is 0 Å². The van der Waals surface area contributed by atoms with Crippen LogP contribution in [0.5, 0.6) is 0 Å². The lowest BCUT2D eigenvalue weighted by Gasteiger charge is -2.28. The molecule has 5 amide bonds. The van der Waals surface area contributed by atoms with E-state index in [2.05, 4.69) is 31.3 Å². The molecule has 24 nitrogen and oxygen atoms in total. The fourth-order valence-electron chi connectivity index (χ4n) is 9.00. The van der Waals surface area contributed by atoms with E-state index in [1.165, 1.54) is 6.92 Å². The van der Waals surface area contributed by atoms with Crippen LogP contribution in [0, 0.1) is 41.4 Å². The Bertz CT molecular complexity index is 2200. The van der Waals surface area contributed by atoms with E-state index in [4.69, 9.17) is 34.4 Å². The standard InChI is InChI=1S/C55H92N12O12/c1-7-32(4)38(49(57)75)28-46(71)41(26-35-17-11-10-12-18-35)66-53(79)39(33(5)8-2)29-47(72)42(30-48(73)74)65-50(76)34(6)25-44(69)43(31-68)67-52(78)37(20-15-23-62-54(58)59)27-45(70)40(21-16-24-63-55(60)61)64-51(77)36(9-3)19-13-14-22-56/h10-12,17-18,32-34,36-43,68H,7-9,13-16,19-31,56H2,1-6H3,(H2,57,75)(H,64,77)(H,65,76)(H,66,79)(H,67,78)(H,73,74)(H4,58,59,62)(H4,60,61,63)/t32-,33-,34+,36-,37+,38-,39-,40-,41-,42-,43-/m0/s1. The van der Waals surface area contributed by atoms with Crippen LogP contribution in [-0.2, 0) is 54.4 Å². The highest BCUT2D eigenvalue weighted by Crippen LogP contribution is 2.25. The Morgan fingerprint density at radius 2 is 1.00 bits per heavy atom. The molecule has 1 aromatic carbocycles. The molecule has 0 heterocycles. The molecule has 0 saturated carbocycles. The number of amides is 5. The first-order valence-corrected chi connectivity index (χ1v) is 27.6. The highest BCUT2D eigenvalue weighted by molar-refractivity contribution is 5.99. The van der Waals surface area contributed by atoms with Crippen LogP contribution in [0.2, 0.25) is 0 Å². The fraction of sp³-hybridized carbons (Fsp3) is 0.673. The molecule has 0 saturated heterocycles. The number of aliphatic hydroxyl groups is 1. The molecule has 0 unspecified atom stereocenters. The summed E-state index contributed by atoms with van der Waals surface area (Å²) in [6.45, 7) is 10.1. The van der Waals surface area contributed by atoms with E-state index in [-0.39, 0.29) is 68.9 Å². The third-order valence-electron chi connectivity index (χ3n) is 14.5. The molecule has 0 aliphatic heterocycles. The summed E-state index contributed by atoms with van der Waals surface area (Å²) < 4.78 is 0. The van der Waals surface area contributed by atoms with Gasteiger partial charge in [0.25, 0.3) is 0 Å². The number of nitrogens with one attached hydrogen (secondary N) is 4. The Labute approximate surface area is 465 Å². The van der Waals surface area contributed by atoms with Crippen molar-refractivity contribution >= 4 is 70.6 Å². The Morgan fingerprint density at radius 1 is 0.519 bits per heavy atom. The minimum atomic E-state index is -1.66. The van der Waals surface area contributed by atoms with Gasteiger partial charge in [0.05, 0.1) is 31.2 Å². The van der Waals surface area contributed by atoms with E-state index < -0.39 is 145 Å². The maximum atomic E-state index is 14.2. The van der Waals surface area contributed by atoms with Gasteiger partial charge >= 0.3 is 5.97 Å². The molecule has 24 heteroatoms. The molecule has 0 aliphatic carbocycles. The number of guanidine groups is 2. The van der Waals surface area contributed by atoms with Crippen molar-refractivity contribution in [3.63, 3.8) is 0 Å². The van der Waals surface area contributed by atoms with Gasteiger partial charge in [-0.25, -0.2) is 0 Å². The average molecular weight is 1110 g/mol. The van der Waals surface area contributed by atoms with Gasteiger partial charge in [-0.05, 0) is 75.3 Å². The van der Waals surface area contributed by atoms with Crippen molar-refractivity contribution in [2.24, 2.45) is 85.8 Å². The smallest absolute Gasteiger partial charge is 0.305 e. The first-order valence-electron chi connectivity index (χ1n) is 27.6. The SMILES string of the molecule is CC[C@@H](CCCCN)C(=O)N[C@@H](CCCN=C(N)N)C(=O)C[C@@H](CCCN=C(N)N)C(=O)N[C@@H](CO)C(=O)C[C@@H](C)C(=O)N[C@@H](CC(=O)O)C(=O)C[C@H](C(=O)N[C@@H](Cc1ccccc1)C(=O)C[C@H](C(N)=O)[C@@H](C)CC)[C@@H](C)CC. The number of carboxylic acid groups (broad SMARTS) is 1. The second-order valence-corrected chi connectivity index (χ2v) is 20.7. The number of carboxylic acids is 1. The number of hydrogen-bond donors (Lipinski definition) is 12. The normalized spacial score (nSPS) is 15.3. The van der Waals surface area contributed by atoms with Gasteiger partial charge < -0.3 is 65.9 Å². The van der Waals surface area contributed by atoms with Crippen molar-refractivity contribution in [1.29, 1.82) is 0 Å². The van der Waals surface area contributed by atoms with Gasteiger partial charge in [0.1, 0.15) is 6.04 Å². The Kier molecular flexibility index (Phi) is 33.7. The lowest BCUT2D eigenvalue weighted by molar-refractivity contribution is -0.141. The first kappa shape index (κ1) is 70.2. The zero-order valence-corrected chi connectivity index (χ0v) is 47.2. The van der Waals surface area contributed by atoms with E-state index >= 15 is 0 Å². The zero-order chi connectivity index (χ0) is 59.8. The number of nitrogens with two attached hydrogens (primary N) is 6. The number of unbranched alkanes of at least 4 members (excludes halogenated alkanes) is 1. The van der Waals surface area contributed by atoms with Gasteiger partial charge in [0.15, 0.2) is 35.1 Å². The third kappa shape index (κ3) is 27.1. The van der Waals surface area contributed by atoms with E-state index in [1.807, 2.05) is 13.8 Å². The van der Waals surface area contributed by atoms with Crippen molar-refractivity contribution in [1.82, 2.24) is 21.3 Å². The van der Waals surface area contributed by atoms with Crippen molar-refractivity contribution < 1.29 is 58.2 Å². The number of ketones is 4. The van der Waals surface area contributed by atoms with Gasteiger partial charge in [-0.1, -0.05) is 91.1 Å². The molecule has 18 N–H and O–H groups in total. The largest absolute Gasteiger partial charge is 0.481 e. The lowest BCUT2D eigenvalue weighted by atomic mass is 9.83. The quantitative estimate of drug-likeness (QED) is 0.0244. The van der Waals surface area contributed by atoms with Crippen molar-refractivity contribution in [2.45, 2.75) is 168 Å². The molecular formula is C55H92N12O12. The maximum Gasteiger partial charge on any atom is 0.305 e. The van der Waals surface area contributed by atoms with Gasteiger partial charge in [0, 0.05) is 68.4 Å². The highest BCUT2D eigenvalue weighted by atomic mass is 16.4. The molecule has 0 bridgehead atoms. The highest BCUT2D eigenvalue weighted by Gasteiger charge is 2.37. The number of rotatable bonds is 43. The monoisotopic (exact) mass is 1110 g/mol. The molecule has 0 aromatic heterocycles. The predicted molar refractivity (Wildman–Crippen MR) is 300 cm³/mol. The topological polar surface area (TPSA) is 440 Å². The van der Waals surface area contributed by atoms with Crippen molar-refractivity contribution in [2.75, 3.05) is 26.2 Å². The third-order valence-corrected chi connectivity index (χ3v) is 14.5. The summed E-state index contributed by atoms with van der Waals surface area (Å²) in [5, 5.41) is 30.8.